The summed E-state index contributed by atoms with van der Waals surface area (Å²) >= 11 is 0. The van der Waals surface area contributed by atoms with E-state index in [4.69, 9.17) is 4.74 Å². The Kier molecular flexibility index (Phi) is 5.05. The summed E-state index contributed by atoms with van der Waals surface area (Å²) in [5.41, 5.74) is 1.70. The molecule has 1 heterocycles. The first-order valence-electron chi connectivity index (χ1n) is 10.2. The second-order valence-electron chi connectivity index (χ2n) is 8.83. The van der Waals surface area contributed by atoms with E-state index < -0.39 is 0 Å². The van der Waals surface area contributed by atoms with Gasteiger partial charge in [-0.05, 0) is 66.5 Å². The molecule has 0 spiro atoms. The fourth-order valence-electron chi connectivity index (χ4n) is 4.75. The normalized spacial score (nSPS) is 23.9. The zero-order chi connectivity index (χ0) is 18.1. The van der Waals surface area contributed by atoms with Crippen molar-refractivity contribution in [3.8, 4) is 0 Å². The lowest BCUT2D eigenvalue weighted by atomic mass is 9.68. The topological polar surface area (TPSA) is 38.3 Å². The molecule has 0 bridgehead atoms. The van der Waals surface area contributed by atoms with Crippen molar-refractivity contribution in [2.45, 2.75) is 64.2 Å². The highest BCUT2D eigenvalue weighted by Crippen LogP contribution is 2.58. The van der Waals surface area contributed by atoms with Gasteiger partial charge < -0.3 is 10.1 Å². The Balaban J connectivity index is 1.38. The molecule has 1 aromatic carbocycles. The lowest BCUT2D eigenvalue weighted by Gasteiger charge is -2.37. The van der Waals surface area contributed by atoms with E-state index in [0.717, 1.165) is 18.4 Å². The molecule has 1 aromatic rings. The Bertz CT molecular complexity index is 660. The highest BCUT2D eigenvalue weighted by Gasteiger charge is 2.49. The van der Waals surface area contributed by atoms with E-state index in [1.54, 1.807) is 0 Å². The number of anilines is 1. The van der Waals surface area contributed by atoms with Gasteiger partial charge in [0.1, 0.15) is 5.82 Å². The molecule has 1 saturated heterocycles. The first kappa shape index (κ1) is 18.0. The number of rotatable bonds is 6. The number of ether oxygens (including phenoxy) is 1. The Morgan fingerprint density at radius 3 is 2.58 bits per heavy atom. The van der Waals surface area contributed by atoms with Gasteiger partial charge in [-0.2, -0.15) is 0 Å². The van der Waals surface area contributed by atoms with Gasteiger partial charge in [0.25, 0.3) is 0 Å². The van der Waals surface area contributed by atoms with Crippen molar-refractivity contribution in [1.29, 1.82) is 0 Å². The van der Waals surface area contributed by atoms with Crippen LogP contribution in [-0.2, 0) is 9.53 Å². The maximum atomic E-state index is 14.5. The highest BCUT2D eigenvalue weighted by molar-refractivity contribution is 5.91. The van der Waals surface area contributed by atoms with Crippen LogP contribution in [0.4, 0.5) is 10.1 Å². The molecule has 1 atom stereocenters. The minimum Gasteiger partial charge on any atom is -0.381 e. The van der Waals surface area contributed by atoms with Crippen LogP contribution < -0.4 is 5.32 Å². The van der Waals surface area contributed by atoms with Crippen LogP contribution in [0.5, 0.6) is 0 Å². The molecule has 2 saturated carbocycles. The molecule has 3 aliphatic rings. The highest BCUT2D eigenvalue weighted by atomic mass is 19.1. The van der Waals surface area contributed by atoms with E-state index in [1.165, 1.54) is 38.2 Å². The van der Waals surface area contributed by atoms with E-state index in [9.17, 15) is 9.18 Å². The SMILES string of the molecule is CC1(C(CC(=O)Nc2ccc(C3CCOCC3)c(F)c2)C2CCC2)CC1. The largest absolute Gasteiger partial charge is 0.381 e. The van der Waals surface area contributed by atoms with Gasteiger partial charge in [0.05, 0.1) is 0 Å². The average Bonchev–Trinajstić information content (AvgIpc) is 3.32. The van der Waals surface area contributed by atoms with Gasteiger partial charge in [-0.15, -0.1) is 0 Å². The van der Waals surface area contributed by atoms with Crippen LogP contribution in [0.1, 0.15) is 69.8 Å². The lowest BCUT2D eigenvalue weighted by Crippen LogP contribution is -2.32. The van der Waals surface area contributed by atoms with Crippen LogP contribution in [0.3, 0.4) is 0 Å². The number of halogens is 1. The molecule has 4 rings (SSSR count). The number of nitrogens with one attached hydrogen (secondary N) is 1. The second-order valence-corrected chi connectivity index (χ2v) is 8.83. The average molecular weight is 359 g/mol. The monoisotopic (exact) mass is 359 g/mol. The molecule has 2 aliphatic carbocycles. The van der Waals surface area contributed by atoms with Crippen molar-refractivity contribution >= 4 is 11.6 Å². The lowest BCUT2D eigenvalue weighted by molar-refractivity contribution is -0.118. The molecule has 1 unspecified atom stereocenters. The van der Waals surface area contributed by atoms with Crippen molar-refractivity contribution < 1.29 is 13.9 Å². The van der Waals surface area contributed by atoms with Crippen molar-refractivity contribution in [3.63, 3.8) is 0 Å². The van der Waals surface area contributed by atoms with Crippen LogP contribution in [0.15, 0.2) is 18.2 Å². The van der Waals surface area contributed by atoms with Gasteiger partial charge in [-0.25, -0.2) is 4.39 Å². The molecule has 4 heteroatoms. The van der Waals surface area contributed by atoms with Crippen molar-refractivity contribution in [2.24, 2.45) is 17.3 Å². The van der Waals surface area contributed by atoms with Crippen molar-refractivity contribution in [2.75, 3.05) is 18.5 Å². The van der Waals surface area contributed by atoms with Gasteiger partial charge >= 0.3 is 0 Å². The Labute approximate surface area is 155 Å². The summed E-state index contributed by atoms with van der Waals surface area (Å²) in [5, 5.41) is 2.94. The fourth-order valence-corrected chi connectivity index (χ4v) is 4.75. The summed E-state index contributed by atoms with van der Waals surface area (Å²) in [4.78, 5) is 12.6. The molecule has 0 radical (unpaired) electrons. The molecule has 1 aliphatic heterocycles. The van der Waals surface area contributed by atoms with E-state index in [0.29, 0.717) is 42.6 Å². The quantitative estimate of drug-likeness (QED) is 0.752. The molecule has 0 aromatic heterocycles. The first-order chi connectivity index (χ1) is 12.5. The zero-order valence-electron chi connectivity index (χ0n) is 15.7. The van der Waals surface area contributed by atoms with E-state index in [1.807, 2.05) is 12.1 Å². The minimum absolute atomic E-state index is 0.0354. The van der Waals surface area contributed by atoms with Gasteiger partial charge in [0.2, 0.25) is 5.91 Å². The van der Waals surface area contributed by atoms with Crippen LogP contribution in [0.2, 0.25) is 0 Å². The molecule has 142 valence electrons. The molecule has 26 heavy (non-hydrogen) atoms. The predicted molar refractivity (Wildman–Crippen MR) is 101 cm³/mol. The summed E-state index contributed by atoms with van der Waals surface area (Å²) < 4.78 is 19.9. The van der Waals surface area contributed by atoms with E-state index in [-0.39, 0.29) is 17.6 Å². The van der Waals surface area contributed by atoms with E-state index >= 15 is 0 Å². The summed E-state index contributed by atoms with van der Waals surface area (Å²) in [7, 11) is 0. The van der Waals surface area contributed by atoms with Gasteiger partial charge in [0.15, 0.2) is 0 Å². The van der Waals surface area contributed by atoms with Gasteiger partial charge in [-0.3, -0.25) is 4.79 Å². The molecular formula is C22H30FNO2. The van der Waals surface area contributed by atoms with Crippen LogP contribution >= 0.6 is 0 Å². The fraction of sp³-hybridized carbons (Fsp3) is 0.682. The first-order valence-corrected chi connectivity index (χ1v) is 10.2. The molecule has 1 amide bonds. The maximum absolute atomic E-state index is 14.5. The van der Waals surface area contributed by atoms with Crippen molar-refractivity contribution in [3.05, 3.63) is 29.6 Å². The number of benzene rings is 1. The smallest absolute Gasteiger partial charge is 0.224 e. The van der Waals surface area contributed by atoms with E-state index in [2.05, 4.69) is 12.2 Å². The second kappa shape index (κ2) is 7.30. The van der Waals surface area contributed by atoms with Crippen LogP contribution in [0.25, 0.3) is 0 Å². The molecule has 1 N–H and O–H groups in total. The molecule has 3 nitrogen and oxygen atoms in total. The summed E-state index contributed by atoms with van der Waals surface area (Å²) in [6.45, 7) is 3.72. The third-order valence-corrected chi connectivity index (χ3v) is 7.00. The Morgan fingerprint density at radius 2 is 2.00 bits per heavy atom. The zero-order valence-corrected chi connectivity index (χ0v) is 15.7. The van der Waals surface area contributed by atoms with Crippen molar-refractivity contribution in [1.82, 2.24) is 0 Å². The number of carbonyl (C=O) groups is 1. The summed E-state index contributed by atoms with van der Waals surface area (Å²) in [6, 6.07) is 5.18. The number of amides is 1. The number of carbonyl (C=O) groups excluding carboxylic acids is 1. The molecular weight excluding hydrogens is 329 g/mol. The number of hydrogen-bond donors (Lipinski definition) is 1. The standard InChI is InChI=1S/C22H30FNO2/c1-22(9-10-22)19(16-3-2-4-16)14-21(25)24-17-5-6-18(20(23)13-17)15-7-11-26-12-8-15/h5-6,13,15-16,19H,2-4,7-12,14H2,1H3,(H,24,25). The summed E-state index contributed by atoms with van der Waals surface area (Å²) in [5.74, 6) is 1.25. The van der Waals surface area contributed by atoms with Crippen LogP contribution in [-0.4, -0.2) is 19.1 Å². The third kappa shape index (κ3) is 3.80. The van der Waals surface area contributed by atoms with Gasteiger partial charge in [-0.1, -0.05) is 32.3 Å². The summed E-state index contributed by atoms with van der Waals surface area (Å²) in [6.07, 6.45) is 8.63. The minimum atomic E-state index is -0.209. The Morgan fingerprint density at radius 1 is 1.27 bits per heavy atom. The van der Waals surface area contributed by atoms with Crippen LogP contribution in [0, 0.1) is 23.1 Å². The Hall–Kier alpha value is -1.42. The number of hydrogen-bond acceptors (Lipinski definition) is 2. The molecule has 3 fully saturated rings. The maximum Gasteiger partial charge on any atom is 0.224 e. The predicted octanol–water partition coefficient (Wildman–Crippen LogP) is 5.26. The van der Waals surface area contributed by atoms with Gasteiger partial charge in [0, 0.05) is 25.3 Å². The third-order valence-electron chi connectivity index (χ3n) is 7.00.